The van der Waals surface area contributed by atoms with Crippen molar-refractivity contribution in [1.82, 2.24) is 9.88 Å². The maximum atomic E-state index is 13.4. The van der Waals surface area contributed by atoms with Crippen LogP contribution >= 0.6 is 11.6 Å². The van der Waals surface area contributed by atoms with Gasteiger partial charge in [0.05, 0.1) is 45.1 Å². The number of rotatable bonds is 8. The van der Waals surface area contributed by atoms with Crippen LogP contribution in [0.3, 0.4) is 0 Å². The molecule has 3 aromatic rings. The Balaban J connectivity index is 1.98. The number of likely N-dealkylation sites (tertiary alicyclic amines) is 1. The number of aliphatic hydroxyl groups excluding tert-OH is 1. The van der Waals surface area contributed by atoms with E-state index in [1.165, 1.54) is 45.5 Å². The number of ketones is 1. The molecule has 1 amide bonds. The summed E-state index contributed by atoms with van der Waals surface area (Å²) in [5, 5.41) is 11.6. The second kappa shape index (κ2) is 10.8. The third-order valence-electron chi connectivity index (χ3n) is 6.07. The van der Waals surface area contributed by atoms with Gasteiger partial charge in [0.15, 0.2) is 11.5 Å². The Kier molecular flexibility index (Phi) is 7.54. The van der Waals surface area contributed by atoms with Crippen molar-refractivity contribution in [3.8, 4) is 23.0 Å². The molecule has 1 saturated heterocycles. The lowest BCUT2D eigenvalue weighted by Gasteiger charge is -2.26. The lowest BCUT2D eigenvalue weighted by atomic mass is 9.94. The summed E-state index contributed by atoms with van der Waals surface area (Å²) in [5.41, 5.74) is 1.22. The number of carbonyl (C=O) groups excluding carboxylic acids is 2. The van der Waals surface area contributed by atoms with Gasteiger partial charge in [0.25, 0.3) is 11.7 Å². The standard InChI is InChI=1S/C27H25ClN2O7/c1-34-17-5-6-19(28)18(13-17)24(31)22-23(16-11-20(35-2)26(37-4)21(12-16)36-3)30(27(33)25(22)32)14-15-7-9-29-10-8-15/h5-13,23,31H,14H2,1-4H3/b24-22+. The van der Waals surface area contributed by atoms with Gasteiger partial charge in [0.1, 0.15) is 11.5 Å². The zero-order valence-corrected chi connectivity index (χ0v) is 21.4. The van der Waals surface area contributed by atoms with Gasteiger partial charge in [-0.1, -0.05) is 11.6 Å². The average molecular weight is 525 g/mol. The van der Waals surface area contributed by atoms with Crippen LogP contribution in [0.2, 0.25) is 5.02 Å². The van der Waals surface area contributed by atoms with Gasteiger partial charge in [-0.25, -0.2) is 0 Å². The first-order chi connectivity index (χ1) is 17.8. The number of halogens is 1. The van der Waals surface area contributed by atoms with Crippen molar-refractivity contribution in [2.75, 3.05) is 28.4 Å². The van der Waals surface area contributed by atoms with Gasteiger partial charge in [0, 0.05) is 24.5 Å². The number of Topliss-reactive ketones (excluding diaryl/α,β-unsaturated/α-hetero) is 1. The fourth-order valence-electron chi connectivity index (χ4n) is 4.29. The van der Waals surface area contributed by atoms with Crippen molar-refractivity contribution in [1.29, 1.82) is 0 Å². The molecule has 1 aliphatic heterocycles. The highest BCUT2D eigenvalue weighted by Crippen LogP contribution is 2.46. The van der Waals surface area contributed by atoms with Gasteiger partial charge >= 0.3 is 0 Å². The molecule has 0 radical (unpaired) electrons. The third-order valence-corrected chi connectivity index (χ3v) is 6.40. The molecule has 0 bridgehead atoms. The van der Waals surface area contributed by atoms with Gasteiger partial charge in [0.2, 0.25) is 5.75 Å². The van der Waals surface area contributed by atoms with Gasteiger partial charge < -0.3 is 29.0 Å². The molecule has 0 saturated carbocycles. The van der Waals surface area contributed by atoms with E-state index in [4.69, 9.17) is 30.5 Å². The van der Waals surface area contributed by atoms with Crippen LogP contribution in [0.1, 0.15) is 22.7 Å². The van der Waals surface area contributed by atoms with E-state index in [2.05, 4.69) is 4.98 Å². The molecule has 2 heterocycles. The van der Waals surface area contributed by atoms with Crippen LogP contribution in [-0.4, -0.2) is 55.1 Å². The van der Waals surface area contributed by atoms with Crippen molar-refractivity contribution in [2.24, 2.45) is 0 Å². The summed E-state index contributed by atoms with van der Waals surface area (Å²) >= 11 is 6.38. The van der Waals surface area contributed by atoms with E-state index in [-0.39, 0.29) is 22.7 Å². The minimum absolute atomic E-state index is 0.0804. The van der Waals surface area contributed by atoms with E-state index in [0.29, 0.717) is 28.6 Å². The minimum atomic E-state index is -0.996. The first-order valence-corrected chi connectivity index (χ1v) is 11.5. The van der Waals surface area contributed by atoms with Gasteiger partial charge in [-0.05, 0) is 53.6 Å². The lowest BCUT2D eigenvalue weighted by Crippen LogP contribution is -2.29. The second-order valence-corrected chi connectivity index (χ2v) is 8.49. The van der Waals surface area contributed by atoms with Crippen molar-refractivity contribution in [3.05, 3.63) is 82.1 Å². The maximum absolute atomic E-state index is 13.4. The summed E-state index contributed by atoms with van der Waals surface area (Å²) in [6.45, 7) is 0.0804. The second-order valence-electron chi connectivity index (χ2n) is 8.09. The monoisotopic (exact) mass is 524 g/mol. The van der Waals surface area contributed by atoms with Gasteiger partial charge in [-0.2, -0.15) is 0 Å². The number of aliphatic hydroxyl groups is 1. The van der Waals surface area contributed by atoms with Crippen LogP contribution in [0.5, 0.6) is 23.0 Å². The summed E-state index contributed by atoms with van der Waals surface area (Å²) in [6, 6.07) is 10.4. The molecule has 1 N–H and O–H groups in total. The van der Waals surface area contributed by atoms with E-state index >= 15 is 0 Å². The van der Waals surface area contributed by atoms with Crippen molar-refractivity contribution < 1.29 is 33.6 Å². The van der Waals surface area contributed by atoms with E-state index in [1.54, 1.807) is 42.7 Å². The predicted molar refractivity (Wildman–Crippen MR) is 136 cm³/mol. The largest absolute Gasteiger partial charge is 0.507 e. The Morgan fingerprint density at radius 3 is 2.16 bits per heavy atom. The van der Waals surface area contributed by atoms with E-state index in [1.807, 2.05) is 0 Å². The molecule has 2 aromatic carbocycles. The number of methoxy groups -OCH3 is 4. The highest BCUT2D eigenvalue weighted by Gasteiger charge is 2.46. The lowest BCUT2D eigenvalue weighted by molar-refractivity contribution is -0.140. The first-order valence-electron chi connectivity index (χ1n) is 11.2. The summed E-state index contributed by atoms with van der Waals surface area (Å²) < 4.78 is 21.7. The van der Waals surface area contributed by atoms with Gasteiger partial charge in [-0.3, -0.25) is 14.6 Å². The third kappa shape index (κ3) is 4.77. The molecule has 1 unspecified atom stereocenters. The fourth-order valence-corrected chi connectivity index (χ4v) is 4.50. The molecule has 0 spiro atoms. The molecular formula is C27H25ClN2O7. The molecular weight excluding hydrogens is 500 g/mol. The number of carbonyl (C=O) groups is 2. The Bertz CT molecular complexity index is 1350. The van der Waals surface area contributed by atoms with Crippen LogP contribution in [0.15, 0.2) is 60.4 Å². The topological polar surface area (TPSA) is 107 Å². The Morgan fingerprint density at radius 2 is 1.59 bits per heavy atom. The number of ether oxygens (including phenoxy) is 4. The molecule has 1 fully saturated rings. The number of aromatic nitrogens is 1. The Hall–Kier alpha value is -4.24. The summed E-state index contributed by atoms with van der Waals surface area (Å²) in [6.07, 6.45) is 3.19. The number of hydrogen-bond donors (Lipinski definition) is 1. The molecule has 1 atom stereocenters. The molecule has 1 aliphatic rings. The molecule has 192 valence electrons. The van der Waals surface area contributed by atoms with Crippen molar-refractivity contribution in [3.63, 3.8) is 0 Å². The Labute approximate surface area is 218 Å². The first kappa shape index (κ1) is 25.8. The molecule has 0 aliphatic carbocycles. The molecule has 9 nitrogen and oxygen atoms in total. The number of amides is 1. The fraction of sp³-hybridized carbons (Fsp3) is 0.222. The zero-order valence-electron chi connectivity index (χ0n) is 20.6. The zero-order chi connectivity index (χ0) is 26.7. The van der Waals surface area contributed by atoms with E-state index < -0.39 is 23.5 Å². The SMILES string of the molecule is COc1ccc(Cl)c(/C(O)=C2\C(=O)C(=O)N(Cc3ccncc3)C2c2cc(OC)c(OC)c(OC)c2)c1. The summed E-state index contributed by atoms with van der Waals surface area (Å²) in [4.78, 5) is 32.2. The molecule has 10 heteroatoms. The van der Waals surface area contributed by atoms with Crippen LogP contribution < -0.4 is 18.9 Å². The van der Waals surface area contributed by atoms with E-state index in [9.17, 15) is 14.7 Å². The number of pyridine rings is 1. The summed E-state index contributed by atoms with van der Waals surface area (Å²) in [5.74, 6) is -0.660. The predicted octanol–water partition coefficient (Wildman–Crippen LogP) is 4.39. The van der Waals surface area contributed by atoms with Crippen molar-refractivity contribution in [2.45, 2.75) is 12.6 Å². The van der Waals surface area contributed by atoms with Crippen LogP contribution in [-0.2, 0) is 16.1 Å². The highest BCUT2D eigenvalue weighted by molar-refractivity contribution is 6.47. The van der Waals surface area contributed by atoms with E-state index in [0.717, 1.165) is 5.56 Å². The number of nitrogens with zero attached hydrogens (tertiary/aromatic N) is 2. The summed E-state index contributed by atoms with van der Waals surface area (Å²) in [7, 11) is 5.87. The molecule has 4 rings (SSSR count). The normalized spacial score (nSPS) is 16.6. The average Bonchev–Trinajstić information content (AvgIpc) is 3.17. The van der Waals surface area contributed by atoms with Gasteiger partial charge in [-0.15, -0.1) is 0 Å². The van der Waals surface area contributed by atoms with Crippen molar-refractivity contribution >= 4 is 29.1 Å². The number of benzene rings is 2. The minimum Gasteiger partial charge on any atom is -0.507 e. The van der Waals surface area contributed by atoms with Crippen LogP contribution in [0.25, 0.3) is 5.76 Å². The smallest absolute Gasteiger partial charge is 0.295 e. The number of hydrogen-bond acceptors (Lipinski definition) is 8. The van der Waals surface area contributed by atoms with Crippen LogP contribution in [0.4, 0.5) is 0 Å². The highest BCUT2D eigenvalue weighted by atomic mass is 35.5. The molecule has 37 heavy (non-hydrogen) atoms. The van der Waals surface area contributed by atoms with Crippen LogP contribution in [0, 0.1) is 0 Å². The molecule has 1 aromatic heterocycles. The maximum Gasteiger partial charge on any atom is 0.295 e. The quantitative estimate of drug-likeness (QED) is 0.262. The Morgan fingerprint density at radius 1 is 0.946 bits per heavy atom.